The van der Waals surface area contributed by atoms with E-state index in [1.54, 1.807) is 20.3 Å². The molecule has 0 radical (unpaired) electrons. The van der Waals surface area contributed by atoms with E-state index in [0.29, 0.717) is 28.7 Å². The molecule has 1 fully saturated rings. The number of piperidine rings is 1. The lowest BCUT2D eigenvalue weighted by Crippen LogP contribution is -2.26. The average Bonchev–Trinajstić information content (AvgIpc) is 3.11. The van der Waals surface area contributed by atoms with Gasteiger partial charge in [-0.05, 0) is 73.3 Å². The summed E-state index contributed by atoms with van der Waals surface area (Å²) in [5.74, 6) is 1.65. The number of H-pyrrole nitrogens is 1. The average molecular weight is 400 g/mol. The predicted octanol–water partition coefficient (Wildman–Crippen LogP) is 5.13. The first kappa shape index (κ1) is 19.7. The number of rotatable bonds is 6. The molecule has 1 aliphatic heterocycles. The summed E-state index contributed by atoms with van der Waals surface area (Å²) >= 11 is 0. The van der Waals surface area contributed by atoms with Gasteiger partial charge in [-0.3, -0.25) is 0 Å². The number of hydrogen-bond donors (Lipinski definition) is 2. The molecular weight excluding hydrogens is 374 g/mol. The Hall–Kier alpha value is -2.60. The quantitative estimate of drug-likeness (QED) is 0.603. The fourth-order valence-corrected chi connectivity index (χ4v) is 4.28. The Balaban J connectivity index is 1.83. The van der Waals surface area contributed by atoms with Gasteiger partial charge < -0.3 is 19.8 Å². The number of ether oxygens (including phenoxy) is 2. The Morgan fingerprint density at radius 2 is 1.76 bits per heavy atom. The second-order valence-electron chi connectivity index (χ2n) is 7.47. The zero-order valence-corrected chi connectivity index (χ0v) is 16.7. The fraction of sp³-hybridized carbons (Fsp3) is 0.391. The van der Waals surface area contributed by atoms with Crippen LogP contribution in [0.4, 0.5) is 8.78 Å². The molecule has 1 aliphatic rings. The normalized spacial score (nSPS) is 15.2. The lowest BCUT2D eigenvalue weighted by molar-refractivity contribution is 0.149. The summed E-state index contributed by atoms with van der Waals surface area (Å²) in [6, 6.07) is 11.7. The summed E-state index contributed by atoms with van der Waals surface area (Å²) in [7, 11) is 3.14. The smallest absolute Gasteiger partial charge is 0.242 e. The number of methoxy groups -OCH3 is 2. The van der Waals surface area contributed by atoms with Crippen LogP contribution in [-0.4, -0.2) is 38.7 Å². The third-order valence-electron chi connectivity index (χ3n) is 5.77. The van der Waals surface area contributed by atoms with Gasteiger partial charge in [0.05, 0.1) is 19.9 Å². The number of nitrogens with one attached hydrogen (secondary N) is 2. The molecule has 0 unspecified atom stereocenters. The van der Waals surface area contributed by atoms with Crippen molar-refractivity contribution in [2.45, 2.75) is 31.6 Å². The highest BCUT2D eigenvalue weighted by molar-refractivity contribution is 5.91. The fourth-order valence-electron chi connectivity index (χ4n) is 4.28. The van der Waals surface area contributed by atoms with Crippen LogP contribution in [0.2, 0.25) is 0 Å². The minimum absolute atomic E-state index is 0.292. The zero-order chi connectivity index (χ0) is 20.4. The van der Waals surface area contributed by atoms with Crippen molar-refractivity contribution in [3.63, 3.8) is 0 Å². The van der Waals surface area contributed by atoms with E-state index in [0.717, 1.165) is 42.4 Å². The van der Waals surface area contributed by atoms with Crippen LogP contribution in [0, 0.1) is 0 Å². The molecule has 0 bridgehead atoms. The van der Waals surface area contributed by atoms with Crippen molar-refractivity contribution in [1.29, 1.82) is 0 Å². The topological polar surface area (TPSA) is 46.3 Å². The van der Waals surface area contributed by atoms with Gasteiger partial charge in [0.25, 0.3) is 0 Å². The monoisotopic (exact) mass is 400 g/mol. The van der Waals surface area contributed by atoms with E-state index in [1.807, 2.05) is 18.2 Å². The second-order valence-corrected chi connectivity index (χ2v) is 7.47. The molecule has 6 heteroatoms. The molecule has 0 spiro atoms. The van der Waals surface area contributed by atoms with Crippen molar-refractivity contribution in [3.05, 3.63) is 47.5 Å². The Morgan fingerprint density at radius 3 is 2.45 bits per heavy atom. The Bertz CT molecular complexity index is 994. The number of benzene rings is 2. The third-order valence-corrected chi connectivity index (χ3v) is 5.77. The summed E-state index contributed by atoms with van der Waals surface area (Å²) in [5, 5.41) is 4.26. The standard InChI is InChI=1S/C23H26F2N2O2/c1-28-20-6-4-16(12-21(20)29-2)23-18(13-22(24)25)17-11-15(3-5-19(17)27-23)14-7-9-26-10-8-14/h3-6,11-12,14,22,26-27H,7-10,13H2,1-2H3. The van der Waals surface area contributed by atoms with Gasteiger partial charge in [0.15, 0.2) is 11.5 Å². The van der Waals surface area contributed by atoms with E-state index in [4.69, 9.17) is 9.47 Å². The molecule has 0 saturated carbocycles. The second kappa shape index (κ2) is 8.41. The third kappa shape index (κ3) is 3.94. The van der Waals surface area contributed by atoms with Crippen LogP contribution >= 0.6 is 0 Å². The number of alkyl halides is 2. The lowest BCUT2D eigenvalue weighted by Gasteiger charge is -2.23. The highest BCUT2D eigenvalue weighted by atomic mass is 19.3. The summed E-state index contributed by atoms with van der Waals surface area (Å²) in [4.78, 5) is 3.36. The van der Waals surface area contributed by atoms with Gasteiger partial charge in [-0.2, -0.15) is 0 Å². The molecule has 2 aromatic carbocycles. The molecule has 2 N–H and O–H groups in total. The molecule has 1 saturated heterocycles. The maximum Gasteiger partial charge on any atom is 0.242 e. The molecule has 0 aliphatic carbocycles. The molecule has 0 atom stereocenters. The largest absolute Gasteiger partial charge is 0.493 e. The van der Waals surface area contributed by atoms with Crippen LogP contribution in [0.5, 0.6) is 11.5 Å². The molecule has 2 heterocycles. The maximum atomic E-state index is 13.5. The van der Waals surface area contributed by atoms with Crippen LogP contribution in [0.15, 0.2) is 36.4 Å². The molecule has 4 nitrogen and oxygen atoms in total. The SMILES string of the molecule is COc1ccc(-c2[nH]c3ccc(C4CCNCC4)cc3c2CC(F)F)cc1OC. The Kier molecular flexibility index (Phi) is 5.72. The van der Waals surface area contributed by atoms with Gasteiger partial charge in [-0.15, -0.1) is 0 Å². The maximum absolute atomic E-state index is 13.5. The van der Waals surface area contributed by atoms with Gasteiger partial charge in [0.1, 0.15) is 0 Å². The van der Waals surface area contributed by atoms with E-state index in [2.05, 4.69) is 22.4 Å². The van der Waals surface area contributed by atoms with E-state index in [1.165, 1.54) is 5.56 Å². The van der Waals surface area contributed by atoms with Crippen molar-refractivity contribution >= 4 is 10.9 Å². The van der Waals surface area contributed by atoms with Crippen molar-refractivity contribution in [2.24, 2.45) is 0 Å². The van der Waals surface area contributed by atoms with Crippen LogP contribution in [-0.2, 0) is 6.42 Å². The summed E-state index contributed by atoms with van der Waals surface area (Å²) < 4.78 is 37.7. The highest BCUT2D eigenvalue weighted by Crippen LogP contribution is 2.38. The first-order chi connectivity index (χ1) is 14.1. The number of aromatic nitrogens is 1. The van der Waals surface area contributed by atoms with E-state index in [9.17, 15) is 8.78 Å². The van der Waals surface area contributed by atoms with Crippen LogP contribution in [0.3, 0.4) is 0 Å². The lowest BCUT2D eigenvalue weighted by atomic mass is 9.89. The van der Waals surface area contributed by atoms with Crippen molar-refractivity contribution in [1.82, 2.24) is 10.3 Å². The minimum atomic E-state index is -2.42. The van der Waals surface area contributed by atoms with Crippen molar-refractivity contribution < 1.29 is 18.3 Å². The first-order valence-corrected chi connectivity index (χ1v) is 9.96. The van der Waals surface area contributed by atoms with Gasteiger partial charge in [0, 0.05) is 22.9 Å². The molecule has 4 rings (SSSR count). The van der Waals surface area contributed by atoms with Crippen LogP contribution in [0.25, 0.3) is 22.2 Å². The van der Waals surface area contributed by atoms with Crippen molar-refractivity contribution in [2.75, 3.05) is 27.3 Å². The number of halogens is 2. The Morgan fingerprint density at radius 1 is 1.00 bits per heavy atom. The molecule has 154 valence electrons. The van der Waals surface area contributed by atoms with Crippen LogP contribution in [0.1, 0.15) is 29.9 Å². The molecular formula is C23H26F2N2O2. The number of aromatic amines is 1. The van der Waals surface area contributed by atoms with Crippen molar-refractivity contribution in [3.8, 4) is 22.8 Å². The van der Waals surface area contributed by atoms with E-state index < -0.39 is 6.43 Å². The number of fused-ring (bicyclic) bond motifs is 1. The minimum Gasteiger partial charge on any atom is -0.493 e. The summed E-state index contributed by atoms with van der Waals surface area (Å²) in [6.45, 7) is 1.99. The Labute approximate surface area is 169 Å². The zero-order valence-electron chi connectivity index (χ0n) is 16.7. The van der Waals surface area contributed by atoms with Gasteiger partial charge in [-0.25, -0.2) is 8.78 Å². The summed E-state index contributed by atoms with van der Waals surface area (Å²) in [6.07, 6.45) is -0.569. The molecule has 29 heavy (non-hydrogen) atoms. The van der Waals surface area contributed by atoms with Gasteiger partial charge in [0.2, 0.25) is 6.43 Å². The van der Waals surface area contributed by atoms with Gasteiger partial charge >= 0.3 is 0 Å². The van der Waals surface area contributed by atoms with Gasteiger partial charge in [-0.1, -0.05) is 6.07 Å². The van der Waals surface area contributed by atoms with E-state index >= 15 is 0 Å². The first-order valence-electron chi connectivity index (χ1n) is 9.96. The number of hydrogen-bond acceptors (Lipinski definition) is 3. The molecule has 1 aromatic heterocycles. The van der Waals surface area contributed by atoms with E-state index in [-0.39, 0.29) is 6.42 Å². The molecule has 0 amide bonds. The van der Waals surface area contributed by atoms with Crippen LogP contribution < -0.4 is 14.8 Å². The highest BCUT2D eigenvalue weighted by Gasteiger charge is 2.21. The predicted molar refractivity (Wildman–Crippen MR) is 111 cm³/mol. The summed E-state index contributed by atoms with van der Waals surface area (Å²) in [5.41, 5.74) is 4.27. The molecule has 3 aromatic rings.